The molecule has 104 valence electrons. The molecule has 9 heteroatoms. The van der Waals surface area contributed by atoms with Crippen LogP contribution in [0.3, 0.4) is 0 Å². The molecule has 0 aromatic carbocycles. The van der Waals surface area contributed by atoms with Crippen LogP contribution in [0.2, 0.25) is 0 Å². The van der Waals surface area contributed by atoms with Crippen LogP contribution >= 0.6 is 0 Å². The molecular formula is C8H19NO6S2. The van der Waals surface area contributed by atoms with Gasteiger partial charge >= 0.3 is 0 Å². The van der Waals surface area contributed by atoms with E-state index < -0.39 is 20.2 Å². The normalized spacial score (nSPS) is 12.8. The monoisotopic (exact) mass is 289 g/mol. The van der Waals surface area contributed by atoms with Crippen LogP contribution < -0.4 is 5.32 Å². The smallest absolute Gasteiger partial charge is 0.264 e. The van der Waals surface area contributed by atoms with Crippen molar-refractivity contribution in [3.63, 3.8) is 0 Å². The summed E-state index contributed by atoms with van der Waals surface area (Å²) < 4.78 is 58.3. The molecule has 0 bridgehead atoms. The van der Waals surface area contributed by atoms with E-state index in [4.69, 9.17) is 9.11 Å². The number of hydrogen-bond acceptors (Lipinski definition) is 5. The summed E-state index contributed by atoms with van der Waals surface area (Å²) in [5, 5.41) is 3.00. The molecule has 0 atom stereocenters. The molecule has 0 unspecified atom stereocenters. The largest absolute Gasteiger partial charge is 0.317 e. The molecule has 3 N–H and O–H groups in total. The molecule has 17 heavy (non-hydrogen) atoms. The Kier molecular flexibility index (Phi) is 7.88. The van der Waals surface area contributed by atoms with Crippen LogP contribution in [0, 0.1) is 0 Å². The highest BCUT2D eigenvalue weighted by Gasteiger charge is 2.04. The summed E-state index contributed by atoms with van der Waals surface area (Å²) in [6.45, 7) is 1.22. The summed E-state index contributed by atoms with van der Waals surface area (Å²) in [5.41, 5.74) is 0. The average molecular weight is 289 g/mol. The Morgan fingerprint density at radius 2 is 1.06 bits per heavy atom. The summed E-state index contributed by atoms with van der Waals surface area (Å²) in [5.74, 6) is -0.477. The number of rotatable bonds is 10. The van der Waals surface area contributed by atoms with Crippen molar-refractivity contribution in [3.8, 4) is 0 Å². The zero-order valence-corrected chi connectivity index (χ0v) is 11.1. The van der Waals surface area contributed by atoms with Crippen molar-refractivity contribution in [1.29, 1.82) is 0 Å². The lowest BCUT2D eigenvalue weighted by atomic mass is 10.3. The minimum absolute atomic E-state index is 0.239. The molecular weight excluding hydrogens is 270 g/mol. The highest BCUT2D eigenvalue weighted by molar-refractivity contribution is 7.86. The van der Waals surface area contributed by atoms with Crippen molar-refractivity contribution in [3.05, 3.63) is 0 Å². The minimum atomic E-state index is -3.86. The van der Waals surface area contributed by atoms with E-state index in [1.165, 1.54) is 0 Å². The van der Waals surface area contributed by atoms with Crippen molar-refractivity contribution in [2.75, 3.05) is 24.6 Å². The van der Waals surface area contributed by atoms with Gasteiger partial charge in [-0.05, 0) is 38.8 Å². The SMILES string of the molecule is O=S(=O)(O)CCCCNCCCCS(=O)(=O)O. The lowest BCUT2D eigenvalue weighted by molar-refractivity contribution is 0.478. The van der Waals surface area contributed by atoms with Gasteiger partial charge in [0.2, 0.25) is 0 Å². The van der Waals surface area contributed by atoms with Crippen LogP contribution in [-0.2, 0) is 20.2 Å². The Morgan fingerprint density at radius 1 is 0.706 bits per heavy atom. The molecule has 0 heterocycles. The van der Waals surface area contributed by atoms with Crippen LogP contribution in [-0.4, -0.2) is 50.5 Å². The maximum absolute atomic E-state index is 10.4. The summed E-state index contributed by atoms with van der Waals surface area (Å²) in [7, 11) is -7.73. The second-order valence-electron chi connectivity index (χ2n) is 3.74. The van der Waals surface area contributed by atoms with E-state index in [0.717, 1.165) is 0 Å². The zero-order chi connectivity index (χ0) is 13.4. The standard InChI is InChI=1S/C8H19NO6S2/c10-16(11,12)7-3-1-5-9-6-2-4-8-17(13,14)15/h9H,1-8H2,(H,10,11,12)(H,13,14,15). The fourth-order valence-electron chi connectivity index (χ4n) is 1.19. The second-order valence-corrected chi connectivity index (χ2v) is 6.88. The van der Waals surface area contributed by atoms with Crippen LogP contribution in [0.1, 0.15) is 25.7 Å². The van der Waals surface area contributed by atoms with Gasteiger partial charge in [-0.1, -0.05) is 0 Å². The van der Waals surface area contributed by atoms with E-state index in [0.29, 0.717) is 38.8 Å². The molecule has 0 radical (unpaired) electrons. The maximum Gasteiger partial charge on any atom is 0.264 e. The summed E-state index contributed by atoms with van der Waals surface area (Å²) in [4.78, 5) is 0. The van der Waals surface area contributed by atoms with Gasteiger partial charge in [0, 0.05) is 0 Å². The molecule has 0 amide bonds. The van der Waals surface area contributed by atoms with Crippen LogP contribution in [0.15, 0.2) is 0 Å². The second kappa shape index (κ2) is 7.98. The Labute approximate surface area is 102 Å². The first-order valence-corrected chi connectivity index (χ1v) is 8.53. The molecule has 0 saturated heterocycles. The van der Waals surface area contributed by atoms with Crippen LogP contribution in [0.5, 0.6) is 0 Å². The third-order valence-electron chi connectivity index (χ3n) is 2.01. The van der Waals surface area contributed by atoms with E-state index in [1.807, 2.05) is 0 Å². The van der Waals surface area contributed by atoms with Crippen molar-refractivity contribution in [2.24, 2.45) is 0 Å². The number of hydrogen-bond donors (Lipinski definition) is 3. The molecule has 0 aliphatic heterocycles. The van der Waals surface area contributed by atoms with E-state index in [9.17, 15) is 16.8 Å². The van der Waals surface area contributed by atoms with Gasteiger partial charge in [-0.15, -0.1) is 0 Å². The lowest BCUT2D eigenvalue weighted by Crippen LogP contribution is -2.18. The number of nitrogens with one attached hydrogen (secondary N) is 1. The molecule has 0 rings (SSSR count). The molecule has 0 aromatic rings. The Hall–Kier alpha value is -0.220. The van der Waals surface area contributed by atoms with E-state index in [1.54, 1.807) is 0 Å². The summed E-state index contributed by atoms with van der Waals surface area (Å²) >= 11 is 0. The Balaban J connectivity index is 3.25. The summed E-state index contributed by atoms with van der Waals surface area (Å²) in [6.07, 6.45) is 2.02. The van der Waals surface area contributed by atoms with Gasteiger partial charge in [0.25, 0.3) is 20.2 Å². The van der Waals surface area contributed by atoms with Crippen LogP contribution in [0.4, 0.5) is 0 Å². The lowest BCUT2D eigenvalue weighted by Gasteiger charge is -2.03. The third kappa shape index (κ3) is 15.8. The van der Waals surface area contributed by atoms with Gasteiger partial charge in [0.1, 0.15) is 0 Å². The van der Waals surface area contributed by atoms with E-state index >= 15 is 0 Å². The predicted octanol–water partition coefficient (Wildman–Crippen LogP) is -0.0880. The molecule has 0 spiro atoms. The van der Waals surface area contributed by atoms with Gasteiger partial charge in [-0.3, -0.25) is 9.11 Å². The van der Waals surface area contributed by atoms with Crippen molar-refractivity contribution < 1.29 is 25.9 Å². The van der Waals surface area contributed by atoms with Gasteiger partial charge in [0.05, 0.1) is 11.5 Å². The highest BCUT2D eigenvalue weighted by atomic mass is 32.2. The first-order valence-electron chi connectivity index (χ1n) is 5.32. The summed E-state index contributed by atoms with van der Waals surface area (Å²) in [6, 6.07) is 0. The molecule has 0 saturated carbocycles. The maximum atomic E-state index is 10.4. The van der Waals surface area contributed by atoms with Gasteiger partial charge in [-0.25, -0.2) is 0 Å². The van der Waals surface area contributed by atoms with E-state index in [2.05, 4.69) is 5.32 Å². The fraction of sp³-hybridized carbons (Fsp3) is 1.00. The van der Waals surface area contributed by atoms with Crippen LogP contribution in [0.25, 0.3) is 0 Å². The third-order valence-corrected chi connectivity index (χ3v) is 3.62. The van der Waals surface area contributed by atoms with Gasteiger partial charge < -0.3 is 5.32 Å². The topological polar surface area (TPSA) is 121 Å². The quantitative estimate of drug-likeness (QED) is 0.379. The Morgan fingerprint density at radius 3 is 1.35 bits per heavy atom. The van der Waals surface area contributed by atoms with Gasteiger partial charge in [-0.2, -0.15) is 16.8 Å². The minimum Gasteiger partial charge on any atom is -0.317 e. The van der Waals surface area contributed by atoms with E-state index in [-0.39, 0.29) is 11.5 Å². The first kappa shape index (κ1) is 16.8. The molecule has 0 fully saturated rings. The highest BCUT2D eigenvalue weighted by Crippen LogP contribution is 1.94. The average Bonchev–Trinajstić information content (AvgIpc) is 2.11. The van der Waals surface area contributed by atoms with Gasteiger partial charge in [0.15, 0.2) is 0 Å². The molecule has 0 aromatic heterocycles. The Bertz CT molecular complexity index is 350. The fourth-order valence-corrected chi connectivity index (χ4v) is 2.33. The molecule has 7 nitrogen and oxygen atoms in total. The predicted molar refractivity (Wildman–Crippen MR) is 64.2 cm³/mol. The van der Waals surface area contributed by atoms with Crippen molar-refractivity contribution >= 4 is 20.2 Å². The molecule has 0 aliphatic rings. The number of unbranched alkanes of at least 4 members (excludes halogenated alkanes) is 2. The zero-order valence-electron chi connectivity index (χ0n) is 9.50. The molecule has 0 aliphatic carbocycles. The van der Waals surface area contributed by atoms with Crippen molar-refractivity contribution in [2.45, 2.75) is 25.7 Å². The first-order chi connectivity index (χ1) is 7.71. The van der Waals surface area contributed by atoms with Crippen molar-refractivity contribution in [1.82, 2.24) is 5.32 Å².